The fourth-order valence-electron chi connectivity index (χ4n) is 1.52. The summed E-state index contributed by atoms with van der Waals surface area (Å²) in [6.45, 7) is 6.43. The Labute approximate surface area is 103 Å². The molecule has 0 saturated carbocycles. The van der Waals surface area contributed by atoms with Crippen molar-refractivity contribution in [1.29, 1.82) is 0 Å². The van der Waals surface area contributed by atoms with Crippen LogP contribution < -0.4 is 5.32 Å². The Morgan fingerprint density at radius 1 is 1.53 bits per heavy atom. The molecule has 0 aromatic rings. The summed E-state index contributed by atoms with van der Waals surface area (Å²) in [5.74, 6) is -0.181. The second-order valence-corrected chi connectivity index (χ2v) is 4.86. The van der Waals surface area contributed by atoms with Crippen LogP contribution in [0.5, 0.6) is 0 Å². The van der Waals surface area contributed by atoms with Crippen molar-refractivity contribution in [2.75, 3.05) is 33.5 Å². The smallest absolute Gasteiger partial charge is 0.307 e. The predicted octanol–water partition coefficient (Wildman–Crippen LogP) is 0.723. The number of hydrogen-bond acceptors (Lipinski definition) is 5. The second-order valence-electron chi connectivity index (χ2n) is 4.86. The van der Waals surface area contributed by atoms with E-state index in [9.17, 15) is 4.79 Å². The van der Waals surface area contributed by atoms with Gasteiger partial charge in [0, 0.05) is 26.1 Å². The van der Waals surface area contributed by atoms with Crippen molar-refractivity contribution in [2.45, 2.75) is 38.3 Å². The quantitative estimate of drug-likeness (QED) is 0.699. The molecule has 1 atom stereocenters. The molecule has 1 saturated heterocycles. The van der Waals surface area contributed by atoms with Crippen LogP contribution in [-0.4, -0.2) is 51.1 Å². The predicted molar refractivity (Wildman–Crippen MR) is 63.9 cm³/mol. The minimum atomic E-state index is -0.244. The summed E-state index contributed by atoms with van der Waals surface area (Å²) in [7, 11) is 1.66. The molecule has 0 aromatic carbocycles. The van der Waals surface area contributed by atoms with Crippen molar-refractivity contribution in [3.8, 4) is 0 Å². The molecule has 100 valence electrons. The van der Waals surface area contributed by atoms with E-state index >= 15 is 0 Å². The zero-order valence-corrected chi connectivity index (χ0v) is 11.0. The highest BCUT2D eigenvalue weighted by Gasteiger charge is 2.20. The average Bonchev–Trinajstić information content (AvgIpc) is 2.30. The average molecular weight is 245 g/mol. The van der Waals surface area contributed by atoms with Gasteiger partial charge in [0.2, 0.25) is 0 Å². The Hall–Kier alpha value is -0.650. The first kappa shape index (κ1) is 14.4. The van der Waals surface area contributed by atoms with Crippen molar-refractivity contribution >= 4 is 5.97 Å². The van der Waals surface area contributed by atoms with E-state index < -0.39 is 0 Å². The summed E-state index contributed by atoms with van der Waals surface area (Å²) in [6.07, 6.45) is 1.07. The molecule has 1 rings (SSSR count). The van der Waals surface area contributed by atoms with Gasteiger partial charge in [0.1, 0.15) is 0 Å². The van der Waals surface area contributed by atoms with Gasteiger partial charge in [0.25, 0.3) is 0 Å². The molecule has 5 heteroatoms. The maximum Gasteiger partial charge on any atom is 0.307 e. The number of hydrogen-bond donors (Lipinski definition) is 1. The van der Waals surface area contributed by atoms with Crippen molar-refractivity contribution in [1.82, 2.24) is 5.32 Å². The maximum atomic E-state index is 11.5. The largest absolute Gasteiger partial charge is 0.466 e. The molecule has 1 N–H and O–H groups in total. The van der Waals surface area contributed by atoms with Crippen molar-refractivity contribution in [2.24, 2.45) is 0 Å². The molecule has 0 bridgehead atoms. The van der Waals surface area contributed by atoms with Crippen LogP contribution in [0.1, 0.15) is 26.7 Å². The molecule has 1 fully saturated rings. The summed E-state index contributed by atoms with van der Waals surface area (Å²) < 4.78 is 15.7. The van der Waals surface area contributed by atoms with E-state index in [2.05, 4.69) is 5.32 Å². The van der Waals surface area contributed by atoms with E-state index in [0.29, 0.717) is 32.7 Å². The van der Waals surface area contributed by atoms with Gasteiger partial charge in [-0.3, -0.25) is 4.79 Å². The summed E-state index contributed by atoms with van der Waals surface area (Å²) in [5, 5.41) is 3.22. The van der Waals surface area contributed by atoms with Crippen LogP contribution in [0.15, 0.2) is 0 Å². The van der Waals surface area contributed by atoms with Crippen LogP contribution in [0.2, 0.25) is 0 Å². The molecule has 0 amide bonds. The lowest BCUT2D eigenvalue weighted by Crippen LogP contribution is -2.42. The van der Waals surface area contributed by atoms with Crippen LogP contribution in [0.4, 0.5) is 0 Å². The molecule has 1 aliphatic heterocycles. The lowest BCUT2D eigenvalue weighted by Gasteiger charge is -2.24. The van der Waals surface area contributed by atoms with E-state index in [4.69, 9.17) is 14.2 Å². The van der Waals surface area contributed by atoms with Crippen LogP contribution in [-0.2, 0) is 19.0 Å². The summed E-state index contributed by atoms with van der Waals surface area (Å²) in [6, 6.07) is 0.0895. The third kappa shape index (κ3) is 6.00. The Kier molecular flexibility index (Phi) is 5.88. The number of methoxy groups -OCH3 is 1. The Bertz CT molecular complexity index is 237. The normalized spacial score (nSPS) is 21.2. The monoisotopic (exact) mass is 245 g/mol. The molecule has 1 aliphatic rings. The molecule has 17 heavy (non-hydrogen) atoms. The van der Waals surface area contributed by atoms with Gasteiger partial charge in [0.05, 0.1) is 31.8 Å². The molecule has 0 aromatic heterocycles. The third-order valence-corrected chi connectivity index (χ3v) is 2.93. The Morgan fingerprint density at radius 3 is 2.88 bits per heavy atom. The lowest BCUT2D eigenvalue weighted by atomic mass is 10.1. The van der Waals surface area contributed by atoms with E-state index in [1.807, 2.05) is 13.8 Å². The van der Waals surface area contributed by atoms with Crippen LogP contribution >= 0.6 is 0 Å². The molecule has 0 aliphatic carbocycles. The minimum absolute atomic E-state index is 0.0895. The van der Waals surface area contributed by atoms with Crippen LogP contribution in [0, 0.1) is 0 Å². The number of esters is 1. The van der Waals surface area contributed by atoms with Gasteiger partial charge >= 0.3 is 5.97 Å². The number of carbonyl (C=O) groups is 1. The first-order valence-electron chi connectivity index (χ1n) is 6.05. The van der Waals surface area contributed by atoms with E-state index in [1.54, 1.807) is 7.11 Å². The second kappa shape index (κ2) is 6.93. The standard InChI is InChI=1S/C12H23NO4/c1-12(2,15-3)4-6-17-11(14)8-10-9-16-7-5-13-10/h10,13H,4-9H2,1-3H3. The van der Waals surface area contributed by atoms with Gasteiger partial charge in [-0.25, -0.2) is 0 Å². The summed E-state index contributed by atoms with van der Waals surface area (Å²) in [5.41, 5.74) is -0.244. The minimum Gasteiger partial charge on any atom is -0.466 e. The SMILES string of the molecule is COC(C)(C)CCOC(=O)CC1COCCN1. The number of ether oxygens (including phenoxy) is 3. The van der Waals surface area contributed by atoms with Crippen LogP contribution in [0.3, 0.4) is 0 Å². The van der Waals surface area contributed by atoms with Gasteiger partial charge in [-0.2, -0.15) is 0 Å². The van der Waals surface area contributed by atoms with Gasteiger partial charge in [-0.05, 0) is 13.8 Å². The highest BCUT2D eigenvalue weighted by Crippen LogP contribution is 2.12. The fraction of sp³-hybridized carbons (Fsp3) is 0.917. The van der Waals surface area contributed by atoms with Gasteiger partial charge in [-0.15, -0.1) is 0 Å². The summed E-state index contributed by atoms with van der Waals surface area (Å²) >= 11 is 0. The maximum absolute atomic E-state index is 11.5. The van der Waals surface area contributed by atoms with Crippen LogP contribution in [0.25, 0.3) is 0 Å². The molecular weight excluding hydrogens is 222 g/mol. The number of rotatable bonds is 6. The first-order chi connectivity index (χ1) is 8.03. The zero-order valence-electron chi connectivity index (χ0n) is 11.0. The Morgan fingerprint density at radius 2 is 2.29 bits per heavy atom. The van der Waals surface area contributed by atoms with Crippen molar-refractivity contribution < 1.29 is 19.0 Å². The summed E-state index contributed by atoms with van der Waals surface area (Å²) in [4.78, 5) is 11.5. The van der Waals surface area contributed by atoms with Gasteiger partial charge < -0.3 is 19.5 Å². The van der Waals surface area contributed by atoms with Crippen molar-refractivity contribution in [3.05, 3.63) is 0 Å². The third-order valence-electron chi connectivity index (χ3n) is 2.93. The van der Waals surface area contributed by atoms with Gasteiger partial charge in [0.15, 0.2) is 0 Å². The molecule has 0 radical (unpaired) electrons. The highest BCUT2D eigenvalue weighted by atomic mass is 16.5. The van der Waals surface area contributed by atoms with E-state index in [0.717, 1.165) is 6.54 Å². The fourth-order valence-corrected chi connectivity index (χ4v) is 1.52. The number of carbonyl (C=O) groups excluding carboxylic acids is 1. The van der Waals surface area contributed by atoms with E-state index in [1.165, 1.54) is 0 Å². The number of nitrogens with one attached hydrogen (secondary N) is 1. The molecular formula is C12H23NO4. The molecule has 0 spiro atoms. The lowest BCUT2D eigenvalue weighted by molar-refractivity contribution is -0.146. The first-order valence-corrected chi connectivity index (χ1v) is 6.05. The van der Waals surface area contributed by atoms with Gasteiger partial charge in [-0.1, -0.05) is 0 Å². The highest BCUT2D eigenvalue weighted by molar-refractivity contribution is 5.70. The topological polar surface area (TPSA) is 56.8 Å². The molecule has 5 nitrogen and oxygen atoms in total. The molecule has 1 unspecified atom stereocenters. The Balaban J connectivity index is 2.12. The van der Waals surface area contributed by atoms with E-state index in [-0.39, 0.29) is 17.6 Å². The molecule has 1 heterocycles. The number of morpholine rings is 1. The van der Waals surface area contributed by atoms with Crippen molar-refractivity contribution in [3.63, 3.8) is 0 Å². The zero-order chi connectivity index (χ0) is 12.7.